The molecule has 9 N–H and O–H groups in total. The molecule has 0 fully saturated rings. The topological polar surface area (TPSA) is 249 Å². The zero-order chi connectivity index (χ0) is 31.9. The number of carboxylic acid groups (broad SMARTS) is 5. The van der Waals surface area contributed by atoms with E-state index in [4.69, 9.17) is 67.5 Å². The number of nitrogens with two attached hydrogens (primary N) is 1. The van der Waals surface area contributed by atoms with Crippen molar-refractivity contribution < 1.29 is 49.5 Å². The number of thiocarbonyl (C=S) groups is 1. The SMILES string of the molecule is CC(=O)O.CC(=O)O.CC(=O)O.CC(=O)O.CC(=O)O.CC(CNCCC1(N=C=S)C=CC=CC1)NCCN. The van der Waals surface area contributed by atoms with Gasteiger partial charge in [-0.2, -0.15) is 0 Å². The number of carbonyl (C=O) groups is 5. The van der Waals surface area contributed by atoms with Crippen molar-refractivity contribution in [3.63, 3.8) is 0 Å². The molecule has 39 heavy (non-hydrogen) atoms. The highest BCUT2D eigenvalue weighted by molar-refractivity contribution is 7.78. The van der Waals surface area contributed by atoms with Crippen molar-refractivity contribution in [2.24, 2.45) is 10.7 Å². The zero-order valence-electron chi connectivity index (χ0n) is 23.3. The standard InChI is InChI=1S/C14H24N4S.5C2H4O2/c1-13(17-10-8-15)11-16-9-7-14(18-12-19)5-3-2-4-6-14;5*1-2(3)4/h2-5,13,16-17H,6-11,15H2,1H3;5*1H3,(H,3,4). The van der Waals surface area contributed by atoms with Crippen LogP contribution < -0.4 is 16.4 Å². The number of hydrogen-bond donors (Lipinski definition) is 8. The average molecular weight is 581 g/mol. The van der Waals surface area contributed by atoms with Crippen LogP contribution in [0.3, 0.4) is 0 Å². The van der Waals surface area contributed by atoms with Crippen molar-refractivity contribution in [2.75, 3.05) is 26.2 Å². The van der Waals surface area contributed by atoms with Crippen LogP contribution in [0.2, 0.25) is 0 Å². The molecule has 1 rings (SSSR count). The van der Waals surface area contributed by atoms with Crippen molar-refractivity contribution in [1.82, 2.24) is 10.6 Å². The van der Waals surface area contributed by atoms with E-state index in [1.54, 1.807) is 0 Å². The minimum absolute atomic E-state index is 0.197. The lowest BCUT2D eigenvalue weighted by atomic mass is 9.88. The second-order valence-corrected chi connectivity index (χ2v) is 7.67. The van der Waals surface area contributed by atoms with Gasteiger partial charge in [0.2, 0.25) is 0 Å². The quantitative estimate of drug-likeness (QED) is 0.110. The maximum atomic E-state index is 9.00. The molecule has 226 valence electrons. The Morgan fingerprint density at radius 3 is 1.62 bits per heavy atom. The molecule has 0 amide bonds. The first kappa shape index (κ1) is 45.4. The fraction of sp³-hybridized carbons (Fsp3) is 0.583. The third-order valence-electron chi connectivity index (χ3n) is 3.22. The molecule has 0 aromatic heterocycles. The van der Waals surface area contributed by atoms with E-state index in [1.807, 2.05) is 12.2 Å². The van der Waals surface area contributed by atoms with Gasteiger partial charge in [-0.05, 0) is 38.5 Å². The van der Waals surface area contributed by atoms with Crippen LogP contribution >= 0.6 is 12.2 Å². The van der Waals surface area contributed by atoms with Gasteiger partial charge in [0.05, 0.1) is 10.7 Å². The van der Waals surface area contributed by atoms with Gasteiger partial charge in [0.1, 0.15) is 0 Å². The van der Waals surface area contributed by atoms with Gasteiger partial charge in [-0.15, -0.1) is 0 Å². The van der Waals surface area contributed by atoms with Gasteiger partial charge in [-0.3, -0.25) is 24.0 Å². The molecular weight excluding hydrogens is 536 g/mol. The Hall–Kier alpha value is -3.49. The summed E-state index contributed by atoms with van der Waals surface area (Å²) < 4.78 is 0. The summed E-state index contributed by atoms with van der Waals surface area (Å²) in [5.41, 5.74) is 5.26. The molecule has 0 saturated heterocycles. The first-order valence-electron chi connectivity index (χ1n) is 11.4. The maximum absolute atomic E-state index is 9.00. The van der Waals surface area contributed by atoms with Crippen LogP contribution in [0.1, 0.15) is 54.4 Å². The molecule has 15 heteroatoms. The Kier molecular flexibility index (Phi) is 37.9. The zero-order valence-corrected chi connectivity index (χ0v) is 24.2. The molecule has 2 unspecified atom stereocenters. The fourth-order valence-electron chi connectivity index (χ4n) is 2.09. The second-order valence-electron chi connectivity index (χ2n) is 7.49. The molecule has 0 bridgehead atoms. The lowest BCUT2D eigenvalue weighted by Gasteiger charge is -2.26. The molecule has 2 atom stereocenters. The van der Waals surface area contributed by atoms with E-state index >= 15 is 0 Å². The van der Waals surface area contributed by atoms with Crippen molar-refractivity contribution in [1.29, 1.82) is 0 Å². The summed E-state index contributed by atoms with van der Waals surface area (Å²) in [5, 5.41) is 46.4. The van der Waals surface area contributed by atoms with E-state index in [1.165, 1.54) is 0 Å². The molecule has 0 saturated carbocycles. The lowest BCUT2D eigenvalue weighted by Crippen LogP contribution is -2.40. The summed E-state index contributed by atoms with van der Waals surface area (Å²) in [6.45, 7) is 10.9. The molecule has 0 radical (unpaired) electrons. The van der Waals surface area contributed by atoms with Gasteiger partial charge >= 0.3 is 0 Å². The van der Waals surface area contributed by atoms with Gasteiger partial charge < -0.3 is 41.9 Å². The van der Waals surface area contributed by atoms with Crippen molar-refractivity contribution in [2.45, 2.75) is 66.0 Å². The number of aliphatic carboxylic acids is 5. The lowest BCUT2D eigenvalue weighted by molar-refractivity contribution is -0.135. The summed E-state index contributed by atoms with van der Waals surface area (Å²) in [6.07, 6.45) is 10.1. The van der Waals surface area contributed by atoms with Crippen molar-refractivity contribution in [3.8, 4) is 0 Å². The van der Waals surface area contributed by atoms with Gasteiger partial charge in [-0.25, -0.2) is 4.99 Å². The number of hydrogen-bond acceptors (Lipinski definition) is 10. The highest BCUT2D eigenvalue weighted by atomic mass is 32.1. The Labute approximate surface area is 234 Å². The largest absolute Gasteiger partial charge is 0.481 e. The van der Waals surface area contributed by atoms with E-state index in [0.29, 0.717) is 12.6 Å². The summed E-state index contributed by atoms with van der Waals surface area (Å²) >= 11 is 4.76. The molecule has 1 aliphatic rings. The predicted molar refractivity (Wildman–Crippen MR) is 151 cm³/mol. The third-order valence-corrected chi connectivity index (χ3v) is 3.31. The minimum Gasteiger partial charge on any atom is -0.481 e. The van der Waals surface area contributed by atoms with E-state index in [9.17, 15) is 0 Å². The molecule has 0 aromatic carbocycles. The Balaban J connectivity index is -0.000000156. The van der Waals surface area contributed by atoms with Crippen molar-refractivity contribution in [3.05, 3.63) is 24.3 Å². The molecule has 0 spiro atoms. The average Bonchev–Trinajstić information content (AvgIpc) is 2.74. The van der Waals surface area contributed by atoms with Crippen molar-refractivity contribution >= 4 is 47.2 Å². The van der Waals surface area contributed by atoms with Crippen LogP contribution in [0.15, 0.2) is 29.3 Å². The van der Waals surface area contributed by atoms with Crippen LogP contribution in [-0.4, -0.2) is 98.3 Å². The first-order valence-corrected chi connectivity index (χ1v) is 11.8. The highest BCUT2D eigenvalue weighted by Gasteiger charge is 2.25. The summed E-state index contributed by atoms with van der Waals surface area (Å²) in [5.74, 6) is -4.17. The third kappa shape index (κ3) is 72.0. The number of isothiocyanates is 1. The number of nitrogens with one attached hydrogen (secondary N) is 2. The molecular formula is C24H44N4O10S. The van der Waals surface area contributed by atoms with E-state index in [2.05, 4.69) is 39.9 Å². The Morgan fingerprint density at radius 1 is 0.897 bits per heavy atom. The summed E-state index contributed by atoms with van der Waals surface area (Å²) in [7, 11) is 0. The number of carboxylic acids is 5. The van der Waals surface area contributed by atoms with Crippen LogP contribution in [0.4, 0.5) is 0 Å². The van der Waals surface area contributed by atoms with Crippen LogP contribution in [0, 0.1) is 0 Å². The van der Waals surface area contributed by atoms with Crippen LogP contribution in [0.25, 0.3) is 0 Å². The fourth-order valence-corrected chi connectivity index (χ4v) is 2.28. The van der Waals surface area contributed by atoms with E-state index in [0.717, 1.165) is 67.1 Å². The highest BCUT2D eigenvalue weighted by Crippen LogP contribution is 2.25. The molecule has 0 aliphatic heterocycles. The van der Waals surface area contributed by atoms with Gasteiger partial charge in [0.15, 0.2) is 0 Å². The van der Waals surface area contributed by atoms with Gasteiger partial charge in [0.25, 0.3) is 29.8 Å². The normalized spacial score (nSPS) is 14.4. The molecule has 0 heterocycles. The number of allylic oxidation sites excluding steroid dienone is 2. The van der Waals surface area contributed by atoms with Gasteiger partial charge in [0, 0.05) is 60.3 Å². The van der Waals surface area contributed by atoms with Crippen LogP contribution in [-0.2, 0) is 24.0 Å². The number of nitrogens with zero attached hydrogens (tertiary/aromatic N) is 1. The number of aliphatic imine (C=N–C) groups is 1. The van der Waals surface area contributed by atoms with Crippen LogP contribution in [0.5, 0.6) is 0 Å². The predicted octanol–water partition coefficient (Wildman–Crippen LogP) is 1.72. The van der Waals surface area contributed by atoms with Gasteiger partial charge in [-0.1, -0.05) is 24.3 Å². The number of rotatable bonds is 9. The Bertz CT molecular complexity index is 710. The molecule has 0 aromatic rings. The summed E-state index contributed by atoms with van der Waals surface area (Å²) in [6, 6.07) is 0.426. The molecule has 14 nitrogen and oxygen atoms in total. The smallest absolute Gasteiger partial charge is 0.300 e. The first-order chi connectivity index (χ1) is 17.9. The second kappa shape index (κ2) is 32.5. The monoisotopic (exact) mass is 580 g/mol. The molecule has 1 aliphatic carbocycles. The Morgan fingerprint density at radius 2 is 1.31 bits per heavy atom. The minimum atomic E-state index is -0.833. The van der Waals surface area contributed by atoms with E-state index in [-0.39, 0.29) is 5.54 Å². The maximum Gasteiger partial charge on any atom is 0.300 e. The summed E-state index contributed by atoms with van der Waals surface area (Å²) in [4.78, 5) is 49.3. The van der Waals surface area contributed by atoms with E-state index < -0.39 is 29.8 Å².